The van der Waals surface area contributed by atoms with Crippen LogP contribution in [0.25, 0.3) is 11.4 Å². The molecule has 0 radical (unpaired) electrons. The topological polar surface area (TPSA) is 76.1 Å². The summed E-state index contributed by atoms with van der Waals surface area (Å²) in [6.07, 6.45) is 2.90. The average molecular weight is 346 g/mol. The lowest BCUT2D eigenvalue weighted by Crippen LogP contribution is -2.43. The Hall–Kier alpha value is -1.99. The normalized spacial score (nSPS) is 16.5. The van der Waals surface area contributed by atoms with Crippen molar-refractivity contribution in [2.45, 2.75) is 32.2 Å². The summed E-state index contributed by atoms with van der Waals surface area (Å²) in [6, 6.07) is 9.67. The van der Waals surface area contributed by atoms with Crippen LogP contribution in [-0.4, -0.2) is 34.6 Å². The first-order valence-electron chi connectivity index (χ1n) is 8.30. The Balaban J connectivity index is 1.57. The van der Waals surface area contributed by atoms with Crippen LogP contribution in [0.2, 0.25) is 0 Å². The fourth-order valence-electron chi connectivity index (χ4n) is 2.95. The van der Waals surface area contributed by atoms with Gasteiger partial charge in [0.05, 0.1) is 0 Å². The lowest BCUT2D eigenvalue weighted by molar-refractivity contribution is 0.0547. The minimum Gasteiger partial charge on any atom is -0.381 e. The monoisotopic (exact) mass is 346 g/mol. The van der Waals surface area contributed by atoms with E-state index in [0.29, 0.717) is 16.9 Å². The molecule has 3 rings (SSSR count). The Bertz CT molecular complexity index is 656. The number of hydrogen-bond donors (Lipinski definition) is 2. The summed E-state index contributed by atoms with van der Waals surface area (Å²) in [6.45, 7) is 3.65. The quantitative estimate of drug-likeness (QED) is 0.868. The number of nitrogens with one attached hydrogen (secondary N) is 2. The Morgan fingerprint density at radius 2 is 2.08 bits per heavy atom. The maximum absolute atomic E-state index is 12.3. The molecule has 1 aromatic carbocycles. The van der Waals surface area contributed by atoms with E-state index in [0.717, 1.165) is 38.0 Å². The fraction of sp³-hybridized carbons (Fsp3) is 0.471. The van der Waals surface area contributed by atoms with Crippen molar-refractivity contribution >= 4 is 22.7 Å². The van der Waals surface area contributed by atoms with E-state index in [1.54, 1.807) is 0 Å². The molecule has 1 unspecified atom stereocenters. The van der Waals surface area contributed by atoms with Gasteiger partial charge in [0.1, 0.15) is 0 Å². The van der Waals surface area contributed by atoms with Crippen LogP contribution < -0.4 is 10.6 Å². The summed E-state index contributed by atoms with van der Waals surface area (Å²) in [4.78, 5) is 16.6. The number of benzene rings is 1. The molecule has 1 atom stereocenters. The molecule has 24 heavy (non-hydrogen) atoms. The number of hydrogen-bond acceptors (Lipinski definition) is 5. The van der Waals surface area contributed by atoms with Crippen molar-refractivity contribution in [3.05, 3.63) is 30.3 Å². The SMILES string of the molecule is CCC(NC(=O)Nc1nc(-c2ccccc2)ns1)C1CCOCC1. The largest absolute Gasteiger partial charge is 0.381 e. The second-order valence-corrected chi connectivity index (χ2v) is 6.60. The Labute approximate surface area is 145 Å². The first-order valence-corrected chi connectivity index (χ1v) is 9.08. The minimum atomic E-state index is -0.218. The number of aromatic nitrogens is 2. The lowest BCUT2D eigenvalue weighted by Gasteiger charge is -2.30. The molecule has 2 aromatic rings. The highest BCUT2D eigenvalue weighted by Gasteiger charge is 2.24. The van der Waals surface area contributed by atoms with Gasteiger partial charge in [-0.1, -0.05) is 37.3 Å². The molecule has 1 saturated heterocycles. The molecule has 0 saturated carbocycles. The van der Waals surface area contributed by atoms with Gasteiger partial charge in [-0.3, -0.25) is 5.32 Å². The van der Waals surface area contributed by atoms with E-state index >= 15 is 0 Å². The molecule has 2 N–H and O–H groups in total. The van der Waals surface area contributed by atoms with E-state index in [9.17, 15) is 4.79 Å². The predicted molar refractivity (Wildman–Crippen MR) is 95.1 cm³/mol. The third kappa shape index (κ3) is 4.30. The standard InChI is InChI=1S/C17H22N4O2S/c1-2-14(12-8-10-23-11-9-12)18-16(22)20-17-19-15(21-24-17)13-6-4-3-5-7-13/h3-7,12,14H,2,8-11H2,1H3,(H2,18,19,20,21,22). The van der Waals surface area contributed by atoms with Gasteiger partial charge < -0.3 is 10.1 Å². The van der Waals surface area contributed by atoms with Gasteiger partial charge in [0.25, 0.3) is 0 Å². The van der Waals surface area contributed by atoms with E-state index < -0.39 is 0 Å². The van der Waals surface area contributed by atoms with Gasteiger partial charge >= 0.3 is 6.03 Å². The smallest absolute Gasteiger partial charge is 0.321 e. The number of carbonyl (C=O) groups excluding carboxylic acids is 1. The summed E-state index contributed by atoms with van der Waals surface area (Å²) in [5.41, 5.74) is 0.941. The molecule has 1 aromatic heterocycles. The summed E-state index contributed by atoms with van der Waals surface area (Å²) < 4.78 is 9.70. The molecule has 1 aliphatic rings. The van der Waals surface area contributed by atoms with Crippen molar-refractivity contribution in [3.8, 4) is 11.4 Å². The van der Waals surface area contributed by atoms with E-state index in [2.05, 4.69) is 26.9 Å². The molecule has 128 valence electrons. The van der Waals surface area contributed by atoms with Crippen LogP contribution in [0.4, 0.5) is 9.93 Å². The van der Waals surface area contributed by atoms with Crippen LogP contribution >= 0.6 is 11.5 Å². The van der Waals surface area contributed by atoms with Gasteiger partial charge in [-0.15, -0.1) is 0 Å². The second-order valence-electron chi connectivity index (χ2n) is 5.85. The van der Waals surface area contributed by atoms with E-state index in [1.165, 1.54) is 11.5 Å². The highest BCUT2D eigenvalue weighted by Crippen LogP contribution is 2.22. The summed E-state index contributed by atoms with van der Waals surface area (Å²) in [7, 11) is 0. The van der Waals surface area contributed by atoms with E-state index in [4.69, 9.17) is 4.74 Å². The molecule has 1 aliphatic heterocycles. The first-order chi connectivity index (χ1) is 11.8. The third-order valence-electron chi connectivity index (χ3n) is 4.27. The molecule has 6 nitrogen and oxygen atoms in total. The molecule has 0 aliphatic carbocycles. The molecule has 0 spiro atoms. The zero-order valence-corrected chi connectivity index (χ0v) is 14.5. The highest BCUT2D eigenvalue weighted by atomic mass is 32.1. The zero-order valence-electron chi connectivity index (χ0n) is 13.7. The second kappa shape index (κ2) is 8.21. The van der Waals surface area contributed by atoms with Gasteiger partial charge in [-0.05, 0) is 25.2 Å². The molecule has 7 heteroatoms. The van der Waals surface area contributed by atoms with Crippen molar-refractivity contribution in [3.63, 3.8) is 0 Å². The number of anilines is 1. The van der Waals surface area contributed by atoms with Gasteiger partial charge in [0, 0.05) is 36.4 Å². The summed E-state index contributed by atoms with van der Waals surface area (Å²) in [5, 5.41) is 6.37. The minimum absolute atomic E-state index is 0.162. The maximum atomic E-state index is 12.3. The number of carbonyl (C=O) groups is 1. The first kappa shape index (κ1) is 16.9. The van der Waals surface area contributed by atoms with Crippen molar-refractivity contribution in [2.75, 3.05) is 18.5 Å². The number of amides is 2. The van der Waals surface area contributed by atoms with Gasteiger partial charge in [0.15, 0.2) is 5.82 Å². The Kier molecular flexibility index (Phi) is 5.77. The molecular formula is C17H22N4O2S. The summed E-state index contributed by atoms with van der Waals surface area (Å²) in [5.74, 6) is 1.11. The zero-order chi connectivity index (χ0) is 16.8. The van der Waals surface area contributed by atoms with Crippen molar-refractivity contribution in [1.82, 2.24) is 14.7 Å². The van der Waals surface area contributed by atoms with Crippen molar-refractivity contribution < 1.29 is 9.53 Å². The van der Waals surface area contributed by atoms with Crippen LogP contribution in [0.15, 0.2) is 30.3 Å². The van der Waals surface area contributed by atoms with Crippen LogP contribution in [0.5, 0.6) is 0 Å². The predicted octanol–water partition coefficient (Wildman–Crippen LogP) is 3.53. The average Bonchev–Trinajstić information content (AvgIpc) is 3.09. The lowest BCUT2D eigenvalue weighted by atomic mass is 9.90. The number of rotatable bonds is 5. The van der Waals surface area contributed by atoms with Crippen LogP contribution in [0, 0.1) is 5.92 Å². The van der Waals surface area contributed by atoms with Gasteiger partial charge in [-0.2, -0.15) is 9.36 Å². The number of ether oxygens (including phenoxy) is 1. The van der Waals surface area contributed by atoms with E-state index in [-0.39, 0.29) is 12.1 Å². The van der Waals surface area contributed by atoms with Crippen molar-refractivity contribution in [1.29, 1.82) is 0 Å². The Morgan fingerprint density at radius 3 is 2.79 bits per heavy atom. The highest BCUT2D eigenvalue weighted by molar-refractivity contribution is 7.10. The van der Waals surface area contributed by atoms with Crippen molar-refractivity contribution in [2.24, 2.45) is 5.92 Å². The number of urea groups is 1. The van der Waals surface area contributed by atoms with Crippen LogP contribution in [-0.2, 0) is 4.74 Å². The third-order valence-corrected chi connectivity index (χ3v) is 4.90. The molecular weight excluding hydrogens is 324 g/mol. The van der Waals surface area contributed by atoms with Gasteiger partial charge in [-0.25, -0.2) is 4.79 Å². The molecule has 2 amide bonds. The molecule has 2 heterocycles. The molecule has 0 bridgehead atoms. The number of nitrogens with zero attached hydrogens (tertiary/aromatic N) is 2. The van der Waals surface area contributed by atoms with E-state index in [1.807, 2.05) is 30.3 Å². The fourth-order valence-corrected chi connectivity index (χ4v) is 3.54. The van der Waals surface area contributed by atoms with Crippen LogP contribution in [0.1, 0.15) is 26.2 Å². The maximum Gasteiger partial charge on any atom is 0.321 e. The Morgan fingerprint density at radius 1 is 1.33 bits per heavy atom. The summed E-state index contributed by atoms with van der Waals surface area (Å²) >= 11 is 1.19. The van der Waals surface area contributed by atoms with Crippen LogP contribution in [0.3, 0.4) is 0 Å². The van der Waals surface area contributed by atoms with Gasteiger partial charge in [0.2, 0.25) is 5.13 Å². The molecule has 1 fully saturated rings.